The number of fused-ring (bicyclic) bond motifs is 1. The number of carbonyl (C=O) groups is 2. The van der Waals surface area contributed by atoms with Gasteiger partial charge in [-0.2, -0.15) is 5.10 Å². The molecular formula is C29H36FN5O3. The Morgan fingerprint density at radius 3 is 2.63 bits per heavy atom. The summed E-state index contributed by atoms with van der Waals surface area (Å²) in [6, 6.07) is 8.70. The van der Waals surface area contributed by atoms with Gasteiger partial charge in [0.2, 0.25) is 0 Å². The highest BCUT2D eigenvalue weighted by Gasteiger charge is 2.29. The molecule has 3 aromatic rings. The summed E-state index contributed by atoms with van der Waals surface area (Å²) in [5, 5.41) is 14.0. The molecule has 2 aliphatic heterocycles. The molecule has 1 aromatic carbocycles. The largest absolute Gasteiger partial charge is 0.481 e. The number of hydrogen-bond donors (Lipinski definition) is 1. The zero-order valence-electron chi connectivity index (χ0n) is 22.4. The number of hydrogen-bond acceptors (Lipinski definition) is 5. The summed E-state index contributed by atoms with van der Waals surface area (Å²) < 4.78 is 17.1. The first kappa shape index (κ1) is 26.1. The van der Waals surface area contributed by atoms with Crippen molar-refractivity contribution in [2.45, 2.75) is 65.3 Å². The molecule has 38 heavy (non-hydrogen) atoms. The van der Waals surface area contributed by atoms with Crippen LogP contribution in [-0.4, -0.2) is 62.2 Å². The molecule has 0 bridgehead atoms. The van der Waals surface area contributed by atoms with E-state index in [4.69, 9.17) is 5.10 Å². The highest BCUT2D eigenvalue weighted by Crippen LogP contribution is 2.30. The van der Waals surface area contributed by atoms with Crippen molar-refractivity contribution in [1.82, 2.24) is 19.5 Å². The van der Waals surface area contributed by atoms with Crippen LogP contribution in [0.2, 0.25) is 0 Å². The second-order valence-electron chi connectivity index (χ2n) is 11.2. The number of nitrogens with zero attached hydrogens (tertiary/aromatic N) is 5. The lowest BCUT2D eigenvalue weighted by Crippen LogP contribution is -2.38. The number of aromatic nitrogens is 3. The monoisotopic (exact) mass is 521 g/mol. The number of carboxylic acid groups (broad SMARTS) is 1. The first-order valence-corrected chi connectivity index (χ1v) is 13.7. The van der Waals surface area contributed by atoms with E-state index < -0.39 is 17.7 Å². The van der Waals surface area contributed by atoms with Crippen molar-refractivity contribution < 1.29 is 19.1 Å². The molecule has 2 fully saturated rings. The quantitative estimate of drug-likeness (QED) is 0.488. The van der Waals surface area contributed by atoms with Gasteiger partial charge in [-0.15, -0.1) is 0 Å². The van der Waals surface area contributed by atoms with Crippen molar-refractivity contribution in [3.05, 3.63) is 47.5 Å². The van der Waals surface area contributed by atoms with Gasteiger partial charge in [0, 0.05) is 48.7 Å². The van der Waals surface area contributed by atoms with Gasteiger partial charge in [0.15, 0.2) is 5.65 Å². The van der Waals surface area contributed by atoms with Crippen molar-refractivity contribution in [3.63, 3.8) is 0 Å². The van der Waals surface area contributed by atoms with Gasteiger partial charge in [-0.3, -0.25) is 9.59 Å². The normalized spacial score (nSPS) is 20.3. The maximum absolute atomic E-state index is 15.3. The van der Waals surface area contributed by atoms with E-state index >= 15 is 4.39 Å². The van der Waals surface area contributed by atoms with Crippen LogP contribution in [0.1, 0.15) is 69.1 Å². The van der Waals surface area contributed by atoms with E-state index in [9.17, 15) is 14.7 Å². The van der Waals surface area contributed by atoms with Gasteiger partial charge >= 0.3 is 5.97 Å². The molecule has 202 valence electrons. The lowest BCUT2D eigenvalue weighted by atomic mass is 10.1. The number of likely N-dealkylation sites (tertiary alicyclic amines) is 1. The van der Waals surface area contributed by atoms with Gasteiger partial charge < -0.3 is 14.9 Å². The third-order valence-electron chi connectivity index (χ3n) is 7.78. The molecule has 4 heterocycles. The zero-order valence-corrected chi connectivity index (χ0v) is 22.4. The molecule has 2 aliphatic rings. The fraction of sp³-hybridized carbons (Fsp3) is 0.517. The number of anilines is 1. The topological polar surface area (TPSA) is 91.0 Å². The number of rotatable bonds is 6. The molecule has 0 spiro atoms. The molecule has 1 N–H and O–H groups in total. The van der Waals surface area contributed by atoms with E-state index in [1.165, 1.54) is 6.07 Å². The van der Waals surface area contributed by atoms with Crippen LogP contribution in [0.15, 0.2) is 30.3 Å². The van der Waals surface area contributed by atoms with Crippen LogP contribution in [0.5, 0.6) is 0 Å². The van der Waals surface area contributed by atoms with Gasteiger partial charge in [0.1, 0.15) is 11.5 Å². The van der Waals surface area contributed by atoms with Crippen LogP contribution in [0.3, 0.4) is 0 Å². The second kappa shape index (κ2) is 10.7. The third kappa shape index (κ3) is 5.24. The molecule has 2 saturated heterocycles. The smallest absolute Gasteiger partial charge is 0.308 e. The lowest BCUT2D eigenvalue weighted by Gasteiger charge is -2.27. The van der Waals surface area contributed by atoms with E-state index in [-0.39, 0.29) is 11.9 Å². The van der Waals surface area contributed by atoms with Crippen molar-refractivity contribution in [2.24, 2.45) is 11.8 Å². The van der Waals surface area contributed by atoms with E-state index in [2.05, 4.69) is 25.8 Å². The van der Waals surface area contributed by atoms with E-state index in [1.807, 2.05) is 21.9 Å². The zero-order chi connectivity index (χ0) is 27.0. The van der Waals surface area contributed by atoms with Crippen molar-refractivity contribution in [2.75, 3.05) is 24.5 Å². The summed E-state index contributed by atoms with van der Waals surface area (Å²) in [6.45, 7) is 8.01. The molecule has 5 rings (SSSR count). The van der Waals surface area contributed by atoms with Crippen molar-refractivity contribution in [3.8, 4) is 11.3 Å². The molecule has 0 radical (unpaired) electrons. The molecule has 9 heteroatoms. The molecule has 1 amide bonds. The van der Waals surface area contributed by atoms with Gasteiger partial charge in [-0.25, -0.2) is 13.9 Å². The molecular weight excluding hydrogens is 485 g/mol. The number of aliphatic carboxylic acids is 1. The number of halogens is 1. The Hall–Kier alpha value is -3.49. The number of amides is 1. The Labute approximate surface area is 222 Å². The van der Waals surface area contributed by atoms with E-state index in [0.29, 0.717) is 60.1 Å². The van der Waals surface area contributed by atoms with Crippen LogP contribution in [0.4, 0.5) is 10.1 Å². The Morgan fingerprint density at radius 2 is 1.92 bits per heavy atom. The minimum atomic E-state index is -0.817. The molecule has 2 aromatic heterocycles. The second-order valence-corrected chi connectivity index (χ2v) is 11.2. The predicted octanol–water partition coefficient (Wildman–Crippen LogP) is 5.05. The SMILES string of the molecule is CC(C)Cc1cc(C(=O)N2CCCCC[C@H]2C)nc2cc(-c3ccc(N4CC[C@H](C(=O)O)C4)cc3F)nn12. The summed E-state index contributed by atoms with van der Waals surface area (Å²) in [7, 11) is 0. The Balaban J connectivity index is 1.48. The summed E-state index contributed by atoms with van der Waals surface area (Å²) >= 11 is 0. The Morgan fingerprint density at radius 1 is 1.11 bits per heavy atom. The van der Waals surface area contributed by atoms with Crippen LogP contribution in [0, 0.1) is 17.7 Å². The van der Waals surface area contributed by atoms with Gasteiger partial charge in [-0.1, -0.05) is 26.7 Å². The molecule has 0 saturated carbocycles. The highest BCUT2D eigenvalue weighted by molar-refractivity contribution is 5.93. The predicted molar refractivity (Wildman–Crippen MR) is 144 cm³/mol. The average Bonchev–Trinajstić information content (AvgIpc) is 3.48. The summed E-state index contributed by atoms with van der Waals surface area (Å²) in [5.41, 5.74) is 3.26. The summed E-state index contributed by atoms with van der Waals surface area (Å²) in [6.07, 6.45) is 5.51. The Kier molecular flexibility index (Phi) is 7.36. The number of benzene rings is 1. The van der Waals surface area contributed by atoms with Crippen molar-refractivity contribution >= 4 is 23.2 Å². The van der Waals surface area contributed by atoms with Crippen molar-refractivity contribution in [1.29, 1.82) is 0 Å². The lowest BCUT2D eigenvalue weighted by molar-refractivity contribution is -0.140. The fourth-order valence-corrected chi connectivity index (χ4v) is 5.67. The minimum absolute atomic E-state index is 0.0598. The average molecular weight is 522 g/mol. The van der Waals surface area contributed by atoms with Crippen LogP contribution in [-0.2, 0) is 11.2 Å². The summed E-state index contributed by atoms with van der Waals surface area (Å²) in [5.74, 6) is -1.40. The van der Waals surface area contributed by atoms with E-state index in [1.54, 1.807) is 16.6 Å². The first-order valence-electron chi connectivity index (χ1n) is 13.7. The Bertz CT molecular complexity index is 1350. The van der Waals surface area contributed by atoms with Crippen LogP contribution >= 0.6 is 0 Å². The fourth-order valence-electron chi connectivity index (χ4n) is 5.67. The molecule has 2 atom stereocenters. The maximum atomic E-state index is 15.3. The molecule has 8 nitrogen and oxygen atoms in total. The van der Waals surface area contributed by atoms with Gasteiger partial charge in [-0.05, 0) is 62.8 Å². The maximum Gasteiger partial charge on any atom is 0.308 e. The summed E-state index contributed by atoms with van der Waals surface area (Å²) in [4.78, 5) is 33.4. The minimum Gasteiger partial charge on any atom is -0.481 e. The highest BCUT2D eigenvalue weighted by atomic mass is 19.1. The first-order chi connectivity index (χ1) is 18.2. The standard InChI is InChI=1S/C29H36FN5O3/c1-18(2)13-22-15-26(28(36)34-11-6-4-5-7-19(34)3)31-27-16-25(32-35(22)27)23-9-8-21(14-24(23)30)33-12-10-20(17-33)29(37)38/h8-9,14-16,18-20H,4-7,10-13,17H2,1-3H3,(H,37,38)/t19-,20+/m1/s1. The molecule has 0 unspecified atom stereocenters. The number of carboxylic acids is 1. The van der Waals surface area contributed by atoms with Gasteiger partial charge in [0.05, 0.1) is 11.6 Å². The van der Waals surface area contributed by atoms with Gasteiger partial charge in [0.25, 0.3) is 5.91 Å². The van der Waals surface area contributed by atoms with Crippen LogP contribution < -0.4 is 4.90 Å². The van der Waals surface area contributed by atoms with E-state index in [0.717, 1.165) is 37.9 Å². The third-order valence-corrected chi connectivity index (χ3v) is 7.78. The van der Waals surface area contributed by atoms with Crippen LogP contribution in [0.25, 0.3) is 16.9 Å². The number of carbonyl (C=O) groups excluding carboxylic acids is 1. The molecule has 0 aliphatic carbocycles.